The number of nitrogens with one attached hydrogen (secondary N) is 1. The van der Waals surface area contributed by atoms with Gasteiger partial charge >= 0.3 is 6.03 Å². The quantitative estimate of drug-likeness (QED) is 0.728. The molecule has 0 bridgehead atoms. The average molecular weight is 363 g/mol. The number of nitrogens with zero attached hydrogens (tertiary/aromatic N) is 4. The third-order valence-electron chi connectivity index (χ3n) is 5.28. The minimum absolute atomic E-state index is 0.0404. The number of hydrogen-bond donors (Lipinski definition) is 1. The van der Waals surface area contributed by atoms with Crippen molar-refractivity contribution in [1.82, 2.24) is 19.4 Å². The summed E-state index contributed by atoms with van der Waals surface area (Å²) < 4.78 is 1.94. The molecule has 0 spiro atoms. The van der Waals surface area contributed by atoms with Gasteiger partial charge in [0.1, 0.15) is 12.1 Å². The second kappa shape index (κ2) is 7.02. The molecule has 2 amide bonds. The minimum atomic E-state index is -0.0404. The maximum atomic E-state index is 12.8. The summed E-state index contributed by atoms with van der Waals surface area (Å²) in [6.07, 6.45) is 5.66. The Labute approximate surface area is 159 Å². The Morgan fingerprint density at radius 1 is 1.15 bits per heavy atom. The molecule has 140 valence electrons. The van der Waals surface area contributed by atoms with Gasteiger partial charge < -0.3 is 10.2 Å². The average Bonchev–Trinajstić information content (AvgIpc) is 3.40. The molecule has 1 saturated carbocycles. The molecule has 0 unspecified atom stereocenters. The van der Waals surface area contributed by atoms with E-state index in [2.05, 4.69) is 36.1 Å². The first-order valence-electron chi connectivity index (χ1n) is 9.52. The van der Waals surface area contributed by atoms with E-state index in [4.69, 9.17) is 0 Å². The van der Waals surface area contributed by atoms with Crippen LogP contribution >= 0.6 is 0 Å². The number of rotatable bonds is 5. The molecule has 1 aliphatic carbocycles. The molecule has 4 rings (SSSR count). The molecule has 1 N–H and O–H groups in total. The predicted octanol–water partition coefficient (Wildman–Crippen LogP) is 4.46. The lowest BCUT2D eigenvalue weighted by atomic mass is 10.0. The molecule has 6 heteroatoms. The number of carbonyl (C=O) groups is 1. The first-order chi connectivity index (χ1) is 13.0. The maximum absolute atomic E-state index is 12.8. The molecule has 2 heterocycles. The zero-order valence-electron chi connectivity index (χ0n) is 16.0. The van der Waals surface area contributed by atoms with Crippen molar-refractivity contribution in [1.29, 1.82) is 0 Å². The first kappa shape index (κ1) is 17.5. The molecule has 1 fully saturated rings. The van der Waals surface area contributed by atoms with Crippen molar-refractivity contribution in [3.63, 3.8) is 0 Å². The molecular formula is C21H25N5O. The van der Waals surface area contributed by atoms with Gasteiger partial charge in [-0.25, -0.2) is 14.8 Å². The maximum Gasteiger partial charge on any atom is 0.322 e. The van der Waals surface area contributed by atoms with E-state index in [1.54, 1.807) is 12.5 Å². The number of aromatic nitrogens is 3. The van der Waals surface area contributed by atoms with E-state index < -0.39 is 0 Å². The second-order valence-corrected chi connectivity index (χ2v) is 7.56. The van der Waals surface area contributed by atoms with Crippen LogP contribution in [-0.4, -0.2) is 37.5 Å². The van der Waals surface area contributed by atoms with Crippen molar-refractivity contribution in [3.8, 4) is 5.82 Å². The summed E-state index contributed by atoms with van der Waals surface area (Å²) in [5.41, 5.74) is 2.64. The van der Waals surface area contributed by atoms with Crippen LogP contribution in [0.3, 0.4) is 0 Å². The fourth-order valence-corrected chi connectivity index (χ4v) is 3.29. The van der Waals surface area contributed by atoms with E-state index >= 15 is 0 Å². The molecule has 3 aromatic rings. The Morgan fingerprint density at radius 2 is 1.93 bits per heavy atom. The smallest absolute Gasteiger partial charge is 0.319 e. The summed E-state index contributed by atoms with van der Waals surface area (Å²) in [6.45, 7) is 6.42. The summed E-state index contributed by atoms with van der Waals surface area (Å²) >= 11 is 0. The number of imidazole rings is 1. The molecule has 0 radical (unpaired) electrons. The summed E-state index contributed by atoms with van der Waals surface area (Å²) in [5, 5.41) is 3.01. The Morgan fingerprint density at radius 3 is 2.59 bits per heavy atom. The van der Waals surface area contributed by atoms with Crippen LogP contribution in [0.25, 0.3) is 16.9 Å². The van der Waals surface area contributed by atoms with E-state index in [-0.39, 0.29) is 12.1 Å². The van der Waals surface area contributed by atoms with Crippen LogP contribution in [0.5, 0.6) is 0 Å². The zero-order valence-corrected chi connectivity index (χ0v) is 16.0. The lowest BCUT2D eigenvalue weighted by Gasteiger charge is -2.32. The Bertz CT molecular complexity index is 943. The summed E-state index contributed by atoms with van der Waals surface area (Å²) in [4.78, 5) is 23.7. The van der Waals surface area contributed by atoms with Crippen molar-refractivity contribution in [2.45, 2.75) is 45.7 Å². The SMILES string of the molecule is CC(C)[C@@H](C)N(C(=O)Nc1ccc(-n2cnc3ccccc32)nc1)C1CC1. The van der Waals surface area contributed by atoms with Gasteiger partial charge in [-0.15, -0.1) is 0 Å². The second-order valence-electron chi connectivity index (χ2n) is 7.56. The highest BCUT2D eigenvalue weighted by Crippen LogP contribution is 2.31. The standard InChI is InChI=1S/C21H25N5O/c1-14(2)15(3)26(17-9-10-17)21(27)24-16-8-11-20(22-12-16)25-13-23-18-6-4-5-7-19(18)25/h4-8,11-15,17H,9-10H2,1-3H3,(H,24,27)/t15-/m1/s1. The fraction of sp³-hybridized carbons (Fsp3) is 0.381. The predicted molar refractivity (Wildman–Crippen MR) is 107 cm³/mol. The van der Waals surface area contributed by atoms with E-state index in [1.165, 1.54) is 0 Å². The minimum Gasteiger partial charge on any atom is -0.319 e. The highest BCUT2D eigenvalue weighted by Gasteiger charge is 2.36. The van der Waals surface area contributed by atoms with E-state index in [0.29, 0.717) is 17.6 Å². The number of fused-ring (bicyclic) bond motifs is 1. The number of anilines is 1. The summed E-state index contributed by atoms with van der Waals surface area (Å²) in [7, 11) is 0. The van der Waals surface area contributed by atoms with Crippen molar-refractivity contribution in [2.75, 3.05) is 5.32 Å². The largest absolute Gasteiger partial charge is 0.322 e. The monoisotopic (exact) mass is 363 g/mol. The van der Waals surface area contributed by atoms with Gasteiger partial charge in [0.2, 0.25) is 0 Å². The molecule has 6 nitrogen and oxygen atoms in total. The molecule has 0 aliphatic heterocycles. The van der Waals surface area contributed by atoms with Gasteiger partial charge in [0.05, 0.1) is 22.9 Å². The van der Waals surface area contributed by atoms with Crippen LogP contribution in [0.4, 0.5) is 10.5 Å². The first-order valence-corrected chi connectivity index (χ1v) is 9.52. The van der Waals surface area contributed by atoms with Crippen molar-refractivity contribution in [2.24, 2.45) is 5.92 Å². The van der Waals surface area contributed by atoms with Gasteiger partial charge in [0, 0.05) is 12.1 Å². The van der Waals surface area contributed by atoms with Crippen LogP contribution in [0.1, 0.15) is 33.6 Å². The summed E-state index contributed by atoms with van der Waals surface area (Å²) in [5.74, 6) is 1.20. The molecule has 1 aromatic carbocycles. The van der Waals surface area contributed by atoms with E-state index in [0.717, 1.165) is 29.7 Å². The molecule has 0 saturated heterocycles. The highest BCUT2D eigenvalue weighted by atomic mass is 16.2. The van der Waals surface area contributed by atoms with Crippen molar-refractivity contribution < 1.29 is 4.79 Å². The number of carbonyl (C=O) groups excluding carboxylic acids is 1. The van der Waals surface area contributed by atoms with E-state index in [9.17, 15) is 4.79 Å². The van der Waals surface area contributed by atoms with Crippen molar-refractivity contribution >= 4 is 22.8 Å². The van der Waals surface area contributed by atoms with Crippen LogP contribution in [0, 0.1) is 5.92 Å². The van der Waals surface area contributed by atoms with Crippen LogP contribution in [0.2, 0.25) is 0 Å². The number of hydrogen-bond acceptors (Lipinski definition) is 3. The van der Waals surface area contributed by atoms with Gasteiger partial charge in [0.15, 0.2) is 0 Å². The zero-order chi connectivity index (χ0) is 19.0. The highest BCUT2D eigenvalue weighted by molar-refractivity contribution is 5.90. The Hall–Kier alpha value is -2.89. The van der Waals surface area contributed by atoms with Crippen molar-refractivity contribution in [3.05, 3.63) is 48.9 Å². The Balaban J connectivity index is 1.51. The fourth-order valence-electron chi connectivity index (χ4n) is 3.29. The number of urea groups is 1. The molecule has 1 atom stereocenters. The van der Waals surface area contributed by atoms with Gasteiger partial charge in [-0.2, -0.15) is 0 Å². The summed E-state index contributed by atoms with van der Waals surface area (Å²) in [6, 6.07) is 12.3. The third-order valence-corrected chi connectivity index (χ3v) is 5.28. The number of amides is 2. The molecular weight excluding hydrogens is 338 g/mol. The van der Waals surface area contributed by atoms with Gasteiger partial charge in [-0.3, -0.25) is 4.57 Å². The number of para-hydroxylation sites is 2. The van der Waals surface area contributed by atoms with Crippen LogP contribution in [-0.2, 0) is 0 Å². The number of benzene rings is 1. The number of pyridine rings is 1. The lowest BCUT2D eigenvalue weighted by molar-refractivity contribution is 0.169. The third kappa shape index (κ3) is 3.52. The molecule has 2 aromatic heterocycles. The molecule has 1 aliphatic rings. The van der Waals surface area contributed by atoms with E-state index in [1.807, 2.05) is 45.9 Å². The van der Waals surface area contributed by atoms with Gasteiger partial charge in [-0.05, 0) is 49.9 Å². The Kier molecular flexibility index (Phi) is 4.56. The van der Waals surface area contributed by atoms with Gasteiger partial charge in [0.25, 0.3) is 0 Å². The van der Waals surface area contributed by atoms with Crippen LogP contribution in [0.15, 0.2) is 48.9 Å². The topological polar surface area (TPSA) is 63.1 Å². The molecule has 27 heavy (non-hydrogen) atoms. The normalized spacial score (nSPS) is 15.1. The van der Waals surface area contributed by atoms with Crippen LogP contribution < -0.4 is 5.32 Å². The lowest BCUT2D eigenvalue weighted by Crippen LogP contribution is -2.45. The van der Waals surface area contributed by atoms with Gasteiger partial charge in [-0.1, -0.05) is 26.0 Å².